The third-order valence-electron chi connectivity index (χ3n) is 1.95. The first-order valence-electron chi connectivity index (χ1n) is 4.24. The van der Waals surface area contributed by atoms with Crippen molar-refractivity contribution in [3.63, 3.8) is 0 Å². The summed E-state index contributed by atoms with van der Waals surface area (Å²) in [7, 11) is 0. The minimum absolute atomic E-state index is 0.00333. The Morgan fingerprint density at radius 2 is 2.15 bits per heavy atom. The molecule has 1 aromatic rings. The molecule has 13 heavy (non-hydrogen) atoms. The Labute approximate surface area is 77.2 Å². The molecule has 0 radical (unpaired) electrons. The Kier molecular flexibility index (Phi) is 3.03. The Balaban J connectivity index is 2.95. The van der Waals surface area contributed by atoms with Gasteiger partial charge in [-0.05, 0) is 18.6 Å². The van der Waals surface area contributed by atoms with Crippen molar-refractivity contribution in [1.82, 2.24) is 0 Å². The number of hydrogen-bond acceptors (Lipinski definition) is 3. The molecule has 3 heteroatoms. The number of Topliss-reactive ketones (excluding diaryl/α,β-unsaturated/α-hetero) is 1. The van der Waals surface area contributed by atoms with Crippen LogP contribution in [0.15, 0.2) is 24.3 Å². The Bertz CT molecular complexity index is 310. The molecule has 0 bridgehead atoms. The second-order valence-corrected chi connectivity index (χ2v) is 2.90. The molecule has 0 saturated heterocycles. The zero-order valence-corrected chi connectivity index (χ0v) is 7.53. The lowest BCUT2D eigenvalue weighted by molar-refractivity contribution is 0.0957. The fraction of sp³-hybridized carbons (Fsp3) is 0.300. The van der Waals surface area contributed by atoms with Gasteiger partial charge in [0.15, 0.2) is 5.78 Å². The summed E-state index contributed by atoms with van der Waals surface area (Å²) >= 11 is 0. The van der Waals surface area contributed by atoms with Crippen molar-refractivity contribution in [2.45, 2.75) is 19.4 Å². The van der Waals surface area contributed by atoms with Gasteiger partial charge in [0.2, 0.25) is 0 Å². The van der Waals surface area contributed by atoms with E-state index in [-0.39, 0.29) is 11.5 Å². The number of aromatic hydroxyl groups is 1. The van der Waals surface area contributed by atoms with E-state index in [2.05, 4.69) is 0 Å². The number of nitrogens with two attached hydrogens (primary N) is 1. The van der Waals surface area contributed by atoms with Gasteiger partial charge < -0.3 is 10.8 Å². The number of hydrogen-bond donors (Lipinski definition) is 2. The predicted octanol–water partition coefficient (Wildman–Crippen LogP) is 1.31. The highest BCUT2D eigenvalue weighted by Crippen LogP contribution is 2.17. The molecule has 0 aliphatic heterocycles. The maximum atomic E-state index is 11.5. The Hall–Kier alpha value is -1.35. The molecule has 0 saturated carbocycles. The number of ketones is 1. The maximum absolute atomic E-state index is 11.5. The van der Waals surface area contributed by atoms with Crippen molar-refractivity contribution in [3.8, 4) is 5.75 Å². The molecule has 0 aromatic heterocycles. The summed E-state index contributed by atoms with van der Waals surface area (Å²) in [5.41, 5.74) is 5.86. The molecule has 1 unspecified atom stereocenters. The second-order valence-electron chi connectivity index (χ2n) is 2.90. The first kappa shape index (κ1) is 9.74. The zero-order chi connectivity index (χ0) is 9.84. The average Bonchev–Trinajstić information content (AvgIpc) is 2.16. The standard InChI is InChI=1S/C10H13NO2/c1-2-8(11)10(13)7-5-3-4-6-9(7)12/h3-6,8,12H,2,11H2,1H3. The number of phenols is 1. The summed E-state index contributed by atoms with van der Waals surface area (Å²) in [5.74, 6) is -0.211. The molecule has 0 aliphatic carbocycles. The summed E-state index contributed by atoms with van der Waals surface area (Å²) in [6.07, 6.45) is 0.577. The van der Waals surface area contributed by atoms with E-state index in [1.807, 2.05) is 6.92 Å². The van der Waals surface area contributed by atoms with Gasteiger partial charge in [0.25, 0.3) is 0 Å². The Morgan fingerprint density at radius 3 is 2.69 bits per heavy atom. The van der Waals surface area contributed by atoms with Crippen LogP contribution in [-0.4, -0.2) is 16.9 Å². The molecule has 0 heterocycles. The SMILES string of the molecule is CCC(N)C(=O)c1ccccc1O. The monoisotopic (exact) mass is 179 g/mol. The normalized spacial score (nSPS) is 12.5. The maximum Gasteiger partial charge on any atom is 0.183 e. The van der Waals surface area contributed by atoms with Crippen LogP contribution in [-0.2, 0) is 0 Å². The van der Waals surface area contributed by atoms with Gasteiger partial charge in [0, 0.05) is 0 Å². The third kappa shape index (κ3) is 2.06. The van der Waals surface area contributed by atoms with Crippen LogP contribution in [0.25, 0.3) is 0 Å². The quantitative estimate of drug-likeness (QED) is 0.688. The molecule has 0 aliphatic rings. The molecule has 3 nitrogen and oxygen atoms in total. The number of para-hydroxylation sites is 1. The van der Waals surface area contributed by atoms with Crippen molar-refractivity contribution in [2.24, 2.45) is 5.73 Å². The summed E-state index contributed by atoms with van der Waals surface area (Å²) < 4.78 is 0. The van der Waals surface area contributed by atoms with Crippen molar-refractivity contribution >= 4 is 5.78 Å². The molecule has 70 valence electrons. The van der Waals surface area contributed by atoms with E-state index in [9.17, 15) is 9.90 Å². The number of phenolic OH excluding ortho intramolecular Hbond substituents is 1. The predicted molar refractivity (Wildman–Crippen MR) is 50.7 cm³/mol. The summed E-state index contributed by atoms with van der Waals surface area (Å²) in [6, 6.07) is 5.91. The van der Waals surface area contributed by atoms with Crippen LogP contribution in [0.4, 0.5) is 0 Å². The van der Waals surface area contributed by atoms with Gasteiger partial charge in [-0.15, -0.1) is 0 Å². The second kappa shape index (κ2) is 4.05. The lowest BCUT2D eigenvalue weighted by Gasteiger charge is -2.08. The highest BCUT2D eigenvalue weighted by molar-refractivity contribution is 6.02. The van der Waals surface area contributed by atoms with Crippen LogP contribution < -0.4 is 5.73 Å². The lowest BCUT2D eigenvalue weighted by atomic mass is 10.0. The van der Waals surface area contributed by atoms with Crippen LogP contribution in [0.3, 0.4) is 0 Å². The molecule has 1 rings (SSSR count). The van der Waals surface area contributed by atoms with Crippen molar-refractivity contribution in [3.05, 3.63) is 29.8 Å². The van der Waals surface area contributed by atoms with Crippen LogP contribution in [0.1, 0.15) is 23.7 Å². The average molecular weight is 179 g/mol. The molecule has 0 amide bonds. The fourth-order valence-electron chi connectivity index (χ4n) is 1.07. The van der Waals surface area contributed by atoms with Gasteiger partial charge in [-0.25, -0.2) is 0 Å². The van der Waals surface area contributed by atoms with E-state index < -0.39 is 6.04 Å². The van der Waals surface area contributed by atoms with Crippen LogP contribution in [0.5, 0.6) is 5.75 Å². The van der Waals surface area contributed by atoms with Gasteiger partial charge in [0.1, 0.15) is 5.75 Å². The molecule has 1 atom stereocenters. The number of benzene rings is 1. The number of rotatable bonds is 3. The van der Waals surface area contributed by atoms with Crippen LogP contribution in [0.2, 0.25) is 0 Å². The lowest BCUT2D eigenvalue weighted by Crippen LogP contribution is -2.29. The fourth-order valence-corrected chi connectivity index (χ4v) is 1.07. The van der Waals surface area contributed by atoms with E-state index in [1.54, 1.807) is 18.2 Å². The molecular formula is C10H13NO2. The number of carbonyl (C=O) groups excluding carboxylic acids is 1. The van der Waals surface area contributed by atoms with Gasteiger partial charge in [-0.3, -0.25) is 4.79 Å². The molecule has 1 aromatic carbocycles. The van der Waals surface area contributed by atoms with E-state index in [0.717, 1.165) is 0 Å². The zero-order valence-electron chi connectivity index (χ0n) is 7.53. The molecule has 0 spiro atoms. The summed E-state index contributed by atoms with van der Waals surface area (Å²) in [5, 5.41) is 9.35. The minimum atomic E-state index is -0.520. The van der Waals surface area contributed by atoms with E-state index in [4.69, 9.17) is 5.73 Å². The minimum Gasteiger partial charge on any atom is -0.507 e. The van der Waals surface area contributed by atoms with Gasteiger partial charge in [-0.1, -0.05) is 19.1 Å². The van der Waals surface area contributed by atoms with Crippen LogP contribution in [0, 0.1) is 0 Å². The van der Waals surface area contributed by atoms with Crippen molar-refractivity contribution in [1.29, 1.82) is 0 Å². The van der Waals surface area contributed by atoms with E-state index in [1.165, 1.54) is 6.07 Å². The third-order valence-corrected chi connectivity index (χ3v) is 1.95. The highest BCUT2D eigenvalue weighted by Gasteiger charge is 2.16. The summed E-state index contributed by atoms with van der Waals surface area (Å²) in [6.45, 7) is 1.84. The van der Waals surface area contributed by atoms with Crippen LogP contribution >= 0.6 is 0 Å². The molecule has 0 fully saturated rings. The largest absolute Gasteiger partial charge is 0.507 e. The summed E-state index contributed by atoms with van der Waals surface area (Å²) in [4.78, 5) is 11.5. The van der Waals surface area contributed by atoms with E-state index in [0.29, 0.717) is 12.0 Å². The van der Waals surface area contributed by atoms with Crippen molar-refractivity contribution in [2.75, 3.05) is 0 Å². The number of carbonyl (C=O) groups is 1. The first-order valence-corrected chi connectivity index (χ1v) is 4.24. The topological polar surface area (TPSA) is 63.3 Å². The Morgan fingerprint density at radius 1 is 1.54 bits per heavy atom. The molecule has 3 N–H and O–H groups in total. The molecular weight excluding hydrogens is 166 g/mol. The van der Waals surface area contributed by atoms with Gasteiger partial charge >= 0.3 is 0 Å². The van der Waals surface area contributed by atoms with Gasteiger partial charge in [0.05, 0.1) is 11.6 Å². The van der Waals surface area contributed by atoms with Crippen molar-refractivity contribution < 1.29 is 9.90 Å². The van der Waals surface area contributed by atoms with E-state index >= 15 is 0 Å². The smallest absolute Gasteiger partial charge is 0.183 e. The van der Waals surface area contributed by atoms with Gasteiger partial charge in [-0.2, -0.15) is 0 Å². The first-order chi connectivity index (χ1) is 6.16. The highest BCUT2D eigenvalue weighted by atomic mass is 16.3.